The maximum atomic E-state index is 10.6. The Morgan fingerprint density at radius 2 is 2.20 bits per heavy atom. The summed E-state index contributed by atoms with van der Waals surface area (Å²) in [6.45, 7) is 1.62. The Labute approximate surface area is 116 Å². The van der Waals surface area contributed by atoms with E-state index in [1.54, 1.807) is 6.33 Å². The number of nitrogens with zero attached hydrogens (tertiary/aromatic N) is 4. The average molecular weight is 278 g/mol. The first-order valence-corrected chi connectivity index (χ1v) is 6.55. The van der Waals surface area contributed by atoms with E-state index in [1.165, 1.54) is 0 Å². The summed E-state index contributed by atoms with van der Waals surface area (Å²) in [4.78, 5) is 17.3. The van der Waals surface area contributed by atoms with E-state index in [1.807, 2.05) is 11.9 Å². The van der Waals surface area contributed by atoms with Crippen LogP contribution in [0, 0.1) is 0 Å². The van der Waals surface area contributed by atoms with Crippen LogP contribution in [-0.4, -0.2) is 57.4 Å². The molecule has 0 radical (unpaired) electrons. The second-order valence-corrected chi connectivity index (χ2v) is 5.20. The third-order valence-electron chi connectivity index (χ3n) is 3.60. The lowest BCUT2D eigenvalue weighted by Gasteiger charge is -2.35. The second-order valence-electron chi connectivity index (χ2n) is 5.20. The number of hydrogen-bond donors (Lipinski definition) is 3. The molecule has 1 fully saturated rings. The number of fused-ring (bicyclic) bond motifs is 1. The SMILES string of the molecule is CN(CC1(O)CCOCC1)c1nc(N)nc2nc[nH]c12. The fourth-order valence-electron chi connectivity index (χ4n) is 2.54. The number of aliphatic hydroxyl groups is 1. The Kier molecular flexibility index (Phi) is 3.19. The maximum Gasteiger partial charge on any atom is 0.224 e. The number of nitrogens with one attached hydrogen (secondary N) is 1. The van der Waals surface area contributed by atoms with Gasteiger partial charge in [0.05, 0.1) is 11.9 Å². The Balaban J connectivity index is 1.88. The summed E-state index contributed by atoms with van der Waals surface area (Å²) in [5.74, 6) is 0.815. The minimum Gasteiger partial charge on any atom is -0.388 e. The van der Waals surface area contributed by atoms with Gasteiger partial charge in [0.25, 0.3) is 0 Å². The molecule has 0 saturated carbocycles. The van der Waals surface area contributed by atoms with Crippen molar-refractivity contribution in [1.82, 2.24) is 19.9 Å². The third-order valence-corrected chi connectivity index (χ3v) is 3.60. The van der Waals surface area contributed by atoms with Crippen molar-refractivity contribution in [3.8, 4) is 0 Å². The summed E-state index contributed by atoms with van der Waals surface area (Å²) in [6.07, 6.45) is 2.79. The number of aromatic nitrogens is 4. The third kappa shape index (κ3) is 2.39. The van der Waals surface area contributed by atoms with Crippen molar-refractivity contribution in [3.63, 3.8) is 0 Å². The number of ether oxygens (including phenoxy) is 1. The molecule has 2 aromatic heterocycles. The topological polar surface area (TPSA) is 113 Å². The van der Waals surface area contributed by atoms with Gasteiger partial charge >= 0.3 is 0 Å². The fourth-order valence-corrected chi connectivity index (χ4v) is 2.54. The monoisotopic (exact) mass is 278 g/mol. The van der Waals surface area contributed by atoms with Crippen LogP contribution in [0.1, 0.15) is 12.8 Å². The quantitative estimate of drug-likeness (QED) is 0.719. The summed E-state index contributed by atoms with van der Waals surface area (Å²) >= 11 is 0. The van der Waals surface area contributed by atoms with Crippen molar-refractivity contribution in [3.05, 3.63) is 6.33 Å². The van der Waals surface area contributed by atoms with E-state index in [9.17, 15) is 5.11 Å². The average Bonchev–Trinajstić information content (AvgIpc) is 2.85. The smallest absolute Gasteiger partial charge is 0.224 e. The molecule has 0 bridgehead atoms. The Bertz CT molecular complexity index is 607. The lowest BCUT2D eigenvalue weighted by atomic mass is 9.94. The normalized spacial score (nSPS) is 18.3. The van der Waals surface area contributed by atoms with E-state index >= 15 is 0 Å². The molecule has 3 rings (SSSR count). The minimum absolute atomic E-state index is 0.172. The van der Waals surface area contributed by atoms with Crippen LogP contribution in [0.5, 0.6) is 0 Å². The van der Waals surface area contributed by atoms with Crippen LogP contribution in [-0.2, 0) is 4.74 Å². The number of anilines is 2. The molecule has 1 aliphatic rings. The first-order chi connectivity index (χ1) is 9.57. The van der Waals surface area contributed by atoms with Crippen molar-refractivity contribution in [2.75, 3.05) is 37.4 Å². The summed E-state index contributed by atoms with van der Waals surface area (Å²) in [5, 5.41) is 10.6. The zero-order chi connectivity index (χ0) is 14.2. The van der Waals surface area contributed by atoms with Crippen LogP contribution in [0.3, 0.4) is 0 Å². The van der Waals surface area contributed by atoms with Crippen molar-refractivity contribution in [2.45, 2.75) is 18.4 Å². The Hall–Kier alpha value is -1.93. The summed E-state index contributed by atoms with van der Waals surface area (Å²) < 4.78 is 5.29. The van der Waals surface area contributed by atoms with Crippen molar-refractivity contribution in [2.24, 2.45) is 0 Å². The number of rotatable bonds is 3. The van der Waals surface area contributed by atoms with Gasteiger partial charge in [0.15, 0.2) is 11.5 Å². The molecule has 0 atom stereocenters. The molecule has 1 aliphatic heterocycles. The standard InChI is InChI=1S/C12H18N6O2/c1-18(6-12(19)2-4-20-5-3-12)10-8-9(15-7-14-8)16-11(13)17-10/h7,19H,2-6H2,1H3,(H3,13,14,15,16,17). The predicted molar refractivity (Wildman–Crippen MR) is 74.4 cm³/mol. The van der Waals surface area contributed by atoms with Gasteiger partial charge in [0, 0.05) is 39.6 Å². The highest BCUT2D eigenvalue weighted by atomic mass is 16.5. The molecule has 8 nitrogen and oxygen atoms in total. The first-order valence-electron chi connectivity index (χ1n) is 6.55. The molecule has 8 heteroatoms. The Morgan fingerprint density at radius 3 is 2.95 bits per heavy atom. The molecule has 0 spiro atoms. The molecular formula is C12H18N6O2. The minimum atomic E-state index is -0.765. The molecular weight excluding hydrogens is 260 g/mol. The van der Waals surface area contributed by atoms with Crippen molar-refractivity contribution in [1.29, 1.82) is 0 Å². The summed E-state index contributed by atoms with van der Waals surface area (Å²) in [5.41, 5.74) is 6.18. The van der Waals surface area contributed by atoms with Crippen LogP contribution in [0.4, 0.5) is 11.8 Å². The van der Waals surface area contributed by atoms with Crippen LogP contribution in [0.15, 0.2) is 6.33 Å². The highest BCUT2D eigenvalue weighted by Crippen LogP contribution is 2.26. The number of likely N-dealkylation sites (N-methyl/N-ethyl adjacent to an activating group) is 1. The van der Waals surface area contributed by atoms with Crippen LogP contribution >= 0.6 is 0 Å². The predicted octanol–water partition coefficient (Wildman–Crippen LogP) is -0.0872. The number of imidazole rings is 1. The second kappa shape index (κ2) is 4.88. The highest BCUT2D eigenvalue weighted by Gasteiger charge is 2.32. The fraction of sp³-hybridized carbons (Fsp3) is 0.583. The zero-order valence-electron chi connectivity index (χ0n) is 11.3. The molecule has 108 valence electrons. The van der Waals surface area contributed by atoms with Gasteiger partial charge in [-0.1, -0.05) is 0 Å². The van der Waals surface area contributed by atoms with Crippen LogP contribution in [0.2, 0.25) is 0 Å². The van der Waals surface area contributed by atoms with E-state index in [4.69, 9.17) is 10.5 Å². The van der Waals surface area contributed by atoms with Crippen molar-refractivity contribution >= 4 is 22.9 Å². The van der Waals surface area contributed by atoms with Gasteiger partial charge in [-0.2, -0.15) is 9.97 Å². The summed E-state index contributed by atoms with van der Waals surface area (Å²) in [6, 6.07) is 0. The molecule has 2 aromatic rings. The molecule has 0 aliphatic carbocycles. The lowest BCUT2D eigenvalue weighted by molar-refractivity contribution is -0.0573. The van der Waals surface area contributed by atoms with E-state index in [-0.39, 0.29) is 5.95 Å². The van der Waals surface area contributed by atoms with Crippen LogP contribution < -0.4 is 10.6 Å². The molecule has 1 saturated heterocycles. The van der Waals surface area contributed by atoms with E-state index < -0.39 is 5.60 Å². The van der Waals surface area contributed by atoms with E-state index in [0.717, 1.165) is 5.52 Å². The number of aromatic amines is 1. The first kappa shape index (κ1) is 13.1. The van der Waals surface area contributed by atoms with Crippen molar-refractivity contribution < 1.29 is 9.84 Å². The van der Waals surface area contributed by atoms with Gasteiger partial charge in [0.2, 0.25) is 5.95 Å². The number of nitrogen functional groups attached to an aromatic ring is 1. The largest absolute Gasteiger partial charge is 0.388 e. The molecule has 0 aromatic carbocycles. The van der Waals surface area contributed by atoms with Gasteiger partial charge in [-0.25, -0.2) is 4.98 Å². The molecule has 3 heterocycles. The van der Waals surface area contributed by atoms with Gasteiger partial charge in [0.1, 0.15) is 5.52 Å². The van der Waals surface area contributed by atoms with Gasteiger partial charge in [-0.3, -0.25) is 0 Å². The number of nitrogens with two attached hydrogens (primary N) is 1. The van der Waals surface area contributed by atoms with Gasteiger partial charge < -0.3 is 25.5 Å². The molecule has 20 heavy (non-hydrogen) atoms. The number of H-pyrrole nitrogens is 1. The van der Waals surface area contributed by atoms with Crippen LogP contribution in [0.25, 0.3) is 11.2 Å². The van der Waals surface area contributed by atoms with E-state index in [0.29, 0.717) is 44.1 Å². The molecule has 0 unspecified atom stereocenters. The van der Waals surface area contributed by atoms with E-state index in [2.05, 4.69) is 19.9 Å². The lowest BCUT2D eigenvalue weighted by Crippen LogP contribution is -2.46. The molecule has 4 N–H and O–H groups in total. The van der Waals surface area contributed by atoms with Gasteiger partial charge in [-0.15, -0.1) is 0 Å². The molecule has 0 amide bonds. The van der Waals surface area contributed by atoms with Gasteiger partial charge in [-0.05, 0) is 0 Å². The number of hydrogen-bond acceptors (Lipinski definition) is 7. The highest BCUT2D eigenvalue weighted by molar-refractivity contribution is 5.84. The Morgan fingerprint density at radius 1 is 1.45 bits per heavy atom. The summed E-state index contributed by atoms with van der Waals surface area (Å²) in [7, 11) is 1.87. The zero-order valence-corrected chi connectivity index (χ0v) is 11.3. The maximum absolute atomic E-state index is 10.6.